The van der Waals surface area contributed by atoms with E-state index >= 15 is 0 Å². The van der Waals surface area contributed by atoms with Crippen LogP contribution >= 0.6 is 0 Å². The van der Waals surface area contributed by atoms with Crippen LogP contribution in [0.15, 0.2) is 6.20 Å². The van der Waals surface area contributed by atoms with Gasteiger partial charge in [0, 0.05) is 31.5 Å². The van der Waals surface area contributed by atoms with Gasteiger partial charge >= 0.3 is 5.97 Å². The average molecular weight is 392 g/mol. The number of aromatic amines is 1. The summed E-state index contributed by atoms with van der Waals surface area (Å²) < 4.78 is 11.4. The number of H-pyrrole nitrogens is 1. The first-order chi connectivity index (χ1) is 13.6. The quantitative estimate of drug-likeness (QED) is 0.648. The molecule has 28 heavy (non-hydrogen) atoms. The van der Waals surface area contributed by atoms with Gasteiger partial charge in [0.05, 0.1) is 18.1 Å². The Labute approximate surface area is 169 Å². The summed E-state index contributed by atoms with van der Waals surface area (Å²) in [7, 11) is 0. The lowest BCUT2D eigenvalue weighted by Crippen LogP contribution is -2.47. The number of carbonyl (C=O) groups is 1. The molecule has 158 valence electrons. The molecule has 2 saturated heterocycles. The van der Waals surface area contributed by atoms with Gasteiger partial charge in [-0.15, -0.1) is 0 Å². The van der Waals surface area contributed by atoms with Crippen LogP contribution in [0, 0.1) is 5.41 Å². The third-order valence-electron chi connectivity index (χ3n) is 6.26. The topological polar surface area (TPSA) is 67.5 Å². The number of aryl methyl sites for hydroxylation is 1. The van der Waals surface area contributed by atoms with E-state index < -0.39 is 0 Å². The number of nitrogens with one attached hydrogen (secondary N) is 1. The minimum absolute atomic E-state index is 0.0211. The summed E-state index contributed by atoms with van der Waals surface area (Å²) in [5.41, 5.74) is 0.791. The van der Waals surface area contributed by atoms with Crippen LogP contribution in [0.4, 0.5) is 0 Å². The van der Waals surface area contributed by atoms with Gasteiger partial charge in [-0.2, -0.15) is 0 Å². The highest BCUT2D eigenvalue weighted by molar-refractivity contribution is 5.77. The Hall–Kier alpha value is -1.40. The number of rotatable bonds is 9. The molecule has 1 aromatic heterocycles. The molecule has 2 aliphatic rings. The molecule has 0 saturated carbocycles. The molecular formula is C22H37N3O3. The van der Waals surface area contributed by atoms with Gasteiger partial charge in [0.1, 0.15) is 5.82 Å². The average Bonchev–Trinajstić information content (AvgIpc) is 3.16. The molecule has 0 aromatic carbocycles. The number of carbonyl (C=O) groups excluding carboxylic acids is 1. The van der Waals surface area contributed by atoms with Crippen molar-refractivity contribution in [2.24, 2.45) is 5.41 Å². The SMILES string of the molecule is CCCCc1ncc(CN2CCC(C[C@H]3CCCCO3)(C(=O)OCC)CC2)[nH]1. The predicted molar refractivity (Wildman–Crippen MR) is 109 cm³/mol. The van der Waals surface area contributed by atoms with Crippen LogP contribution in [0.25, 0.3) is 0 Å². The second-order valence-electron chi connectivity index (χ2n) is 8.43. The van der Waals surface area contributed by atoms with Crippen molar-refractivity contribution >= 4 is 5.97 Å². The third kappa shape index (κ3) is 5.57. The molecule has 0 spiro atoms. The van der Waals surface area contributed by atoms with E-state index in [4.69, 9.17) is 9.47 Å². The monoisotopic (exact) mass is 391 g/mol. The summed E-state index contributed by atoms with van der Waals surface area (Å²) in [5.74, 6) is 1.07. The Balaban J connectivity index is 1.56. The van der Waals surface area contributed by atoms with Gasteiger partial charge in [0.25, 0.3) is 0 Å². The van der Waals surface area contributed by atoms with Crippen molar-refractivity contribution in [1.29, 1.82) is 0 Å². The highest BCUT2D eigenvalue weighted by atomic mass is 16.5. The maximum absolute atomic E-state index is 12.8. The number of likely N-dealkylation sites (tertiary alicyclic amines) is 1. The molecule has 2 aliphatic heterocycles. The standard InChI is InChI=1S/C22H37N3O3/c1-3-5-9-20-23-16-18(24-20)17-25-12-10-22(11-13-25,21(26)27-4-2)15-19-8-6-7-14-28-19/h16,19H,3-15,17H2,1-2H3,(H,23,24)/t19-/m1/s1. The molecule has 0 unspecified atom stereocenters. The summed E-state index contributed by atoms with van der Waals surface area (Å²) >= 11 is 0. The normalized spacial score (nSPS) is 22.9. The van der Waals surface area contributed by atoms with Crippen molar-refractivity contribution < 1.29 is 14.3 Å². The van der Waals surface area contributed by atoms with Gasteiger partial charge in [-0.25, -0.2) is 4.98 Å². The van der Waals surface area contributed by atoms with Crippen molar-refractivity contribution in [2.45, 2.75) is 84.3 Å². The van der Waals surface area contributed by atoms with E-state index in [1.807, 2.05) is 13.1 Å². The van der Waals surface area contributed by atoms with Crippen LogP contribution in [-0.2, 0) is 27.2 Å². The van der Waals surface area contributed by atoms with E-state index in [0.29, 0.717) is 6.61 Å². The number of piperidine rings is 1. The first-order valence-corrected chi connectivity index (χ1v) is 11.2. The molecule has 0 aliphatic carbocycles. The van der Waals surface area contributed by atoms with E-state index in [0.717, 1.165) is 70.6 Å². The minimum Gasteiger partial charge on any atom is -0.466 e. The Morgan fingerprint density at radius 1 is 1.36 bits per heavy atom. The Morgan fingerprint density at radius 3 is 2.86 bits per heavy atom. The van der Waals surface area contributed by atoms with Crippen molar-refractivity contribution in [1.82, 2.24) is 14.9 Å². The van der Waals surface area contributed by atoms with Gasteiger partial charge in [-0.05, 0) is 65.0 Å². The molecule has 6 nitrogen and oxygen atoms in total. The predicted octanol–water partition coefficient (Wildman–Crippen LogP) is 3.86. The lowest BCUT2D eigenvalue weighted by molar-refractivity contribution is -0.162. The first-order valence-electron chi connectivity index (χ1n) is 11.2. The molecule has 3 rings (SSSR count). The minimum atomic E-state index is -0.380. The van der Waals surface area contributed by atoms with Crippen LogP contribution in [0.3, 0.4) is 0 Å². The zero-order valence-corrected chi connectivity index (χ0v) is 17.7. The van der Waals surface area contributed by atoms with Gasteiger partial charge in [0.2, 0.25) is 0 Å². The second-order valence-corrected chi connectivity index (χ2v) is 8.43. The number of esters is 1. The van der Waals surface area contributed by atoms with Crippen LogP contribution in [-0.4, -0.2) is 53.2 Å². The molecule has 0 bridgehead atoms. The Kier molecular flexibility index (Phi) is 7.91. The number of hydrogen-bond acceptors (Lipinski definition) is 5. The van der Waals surface area contributed by atoms with Crippen molar-refractivity contribution in [2.75, 3.05) is 26.3 Å². The second kappa shape index (κ2) is 10.4. The molecule has 0 amide bonds. The summed E-state index contributed by atoms with van der Waals surface area (Å²) in [6, 6.07) is 0. The highest BCUT2D eigenvalue weighted by Crippen LogP contribution is 2.40. The number of aromatic nitrogens is 2. The molecule has 1 aromatic rings. The summed E-state index contributed by atoms with van der Waals surface area (Å²) in [5, 5.41) is 0. The summed E-state index contributed by atoms with van der Waals surface area (Å²) in [6.45, 7) is 8.07. The maximum atomic E-state index is 12.8. The van der Waals surface area contributed by atoms with Gasteiger partial charge in [0.15, 0.2) is 0 Å². The molecule has 0 radical (unpaired) electrons. The largest absolute Gasteiger partial charge is 0.466 e. The number of nitrogens with zero attached hydrogens (tertiary/aromatic N) is 2. The van der Waals surface area contributed by atoms with Crippen LogP contribution in [0.2, 0.25) is 0 Å². The third-order valence-corrected chi connectivity index (χ3v) is 6.26. The van der Waals surface area contributed by atoms with Gasteiger partial charge < -0.3 is 14.5 Å². The van der Waals surface area contributed by atoms with E-state index in [-0.39, 0.29) is 17.5 Å². The zero-order chi connectivity index (χ0) is 19.8. The summed E-state index contributed by atoms with van der Waals surface area (Å²) in [4.78, 5) is 23.2. The highest BCUT2D eigenvalue weighted by Gasteiger charge is 2.44. The number of unbranched alkanes of at least 4 members (excludes halogenated alkanes) is 1. The van der Waals surface area contributed by atoms with Crippen molar-refractivity contribution in [3.05, 3.63) is 17.7 Å². The molecule has 6 heteroatoms. The fraction of sp³-hybridized carbons (Fsp3) is 0.818. The molecule has 1 atom stereocenters. The lowest BCUT2D eigenvalue weighted by Gasteiger charge is -2.42. The van der Waals surface area contributed by atoms with E-state index in [2.05, 4.69) is 21.8 Å². The van der Waals surface area contributed by atoms with Gasteiger partial charge in [-0.3, -0.25) is 9.69 Å². The molecule has 3 heterocycles. The summed E-state index contributed by atoms with van der Waals surface area (Å²) in [6.07, 6.45) is 11.5. The molecular weight excluding hydrogens is 354 g/mol. The zero-order valence-electron chi connectivity index (χ0n) is 17.7. The van der Waals surface area contributed by atoms with E-state index in [1.165, 1.54) is 25.0 Å². The first kappa shape index (κ1) is 21.3. The number of ether oxygens (including phenoxy) is 2. The fourth-order valence-electron chi connectivity index (χ4n) is 4.52. The number of hydrogen-bond donors (Lipinski definition) is 1. The van der Waals surface area contributed by atoms with E-state index in [9.17, 15) is 4.79 Å². The maximum Gasteiger partial charge on any atom is 0.312 e. The Bertz CT molecular complexity index is 602. The Morgan fingerprint density at radius 2 is 2.18 bits per heavy atom. The lowest BCUT2D eigenvalue weighted by atomic mass is 9.73. The van der Waals surface area contributed by atoms with Gasteiger partial charge in [-0.1, -0.05) is 13.3 Å². The smallest absolute Gasteiger partial charge is 0.312 e. The van der Waals surface area contributed by atoms with Crippen molar-refractivity contribution in [3.63, 3.8) is 0 Å². The van der Waals surface area contributed by atoms with Crippen LogP contribution in [0.5, 0.6) is 0 Å². The van der Waals surface area contributed by atoms with E-state index in [1.54, 1.807) is 0 Å². The van der Waals surface area contributed by atoms with Crippen LogP contribution < -0.4 is 0 Å². The number of imidazole rings is 1. The molecule has 1 N–H and O–H groups in total. The molecule has 2 fully saturated rings. The van der Waals surface area contributed by atoms with Crippen LogP contribution in [0.1, 0.15) is 76.7 Å². The fourth-order valence-corrected chi connectivity index (χ4v) is 4.52. The van der Waals surface area contributed by atoms with Crippen molar-refractivity contribution in [3.8, 4) is 0 Å².